The van der Waals surface area contributed by atoms with Crippen molar-refractivity contribution in [2.24, 2.45) is 5.10 Å². The molecule has 0 aliphatic rings. The Kier molecular flexibility index (Phi) is 9.13. The van der Waals surface area contributed by atoms with Crippen LogP contribution in [-0.2, 0) is 11.4 Å². The molecular formula is C25H24BrIN2O4. The molecule has 0 aliphatic carbocycles. The second kappa shape index (κ2) is 12.0. The number of amides is 1. The molecule has 0 heterocycles. The minimum atomic E-state index is -0.343. The summed E-state index contributed by atoms with van der Waals surface area (Å²) in [4.78, 5) is 12.1. The number of hydrogen-bond acceptors (Lipinski definition) is 5. The van der Waals surface area contributed by atoms with E-state index < -0.39 is 0 Å². The molecule has 6 nitrogen and oxygen atoms in total. The molecular weight excluding hydrogens is 599 g/mol. The number of hydrogen-bond donors (Lipinski definition) is 1. The second-order valence-corrected chi connectivity index (χ2v) is 9.33. The van der Waals surface area contributed by atoms with Gasteiger partial charge in [-0.15, -0.1) is 0 Å². The van der Waals surface area contributed by atoms with Gasteiger partial charge in [-0.25, -0.2) is 5.43 Å². The van der Waals surface area contributed by atoms with E-state index >= 15 is 0 Å². The maximum atomic E-state index is 12.1. The molecule has 0 bridgehead atoms. The van der Waals surface area contributed by atoms with E-state index in [0.29, 0.717) is 18.1 Å². The lowest BCUT2D eigenvalue weighted by Gasteiger charge is -2.13. The summed E-state index contributed by atoms with van der Waals surface area (Å²) in [6.45, 7) is 4.19. The molecule has 1 N–H and O–H groups in total. The zero-order valence-corrected chi connectivity index (χ0v) is 22.3. The lowest BCUT2D eigenvalue weighted by molar-refractivity contribution is -0.123. The van der Waals surface area contributed by atoms with E-state index in [1.807, 2.05) is 68.4 Å². The van der Waals surface area contributed by atoms with E-state index in [-0.39, 0.29) is 12.5 Å². The third-order valence-corrected chi connectivity index (χ3v) is 6.04. The number of carbonyl (C=O) groups excluding carboxylic acids is 1. The number of rotatable bonds is 9. The Morgan fingerprint density at radius 2 is 1.76 bits per heavy atom. The van der Waals surface area contributed by atoms with Crippen LogP contribution >= 0.6 is 38.5 Å². The molecule has 33 heavy (non-hydrogen) atoms. The summed E-state index contributed by atoms with van der Waals surface area (Å²) in [6, 6.07) is 17.5. The summed E-state index contributed by atoms with van der Waals surface area (Å²) >= 11 is 5.62. The van der Waals surface area contributed by atoms with Crippen LogP contribution in [0.4, 0.5) is 0 Å². The average Bonchev–Trinajstić information content (AvgIpc) is 2.79. The summed E-state index contributed by atoms with van der Waals surface area (Å²) in [5.74, 6) is 1.62. The van der Waals surface area contributed by atoms with Gasteiger partial charge in [-0.2, -0.15) is 5.10 Å². The van der Waals surface area contributed by atoms with Crippen molar-refractivity contribution in [1.29, 1.82) is 0 Å². The fourth-order valence-electron chi connectivity index (χ4n) is 3.07. The van der Waals surface area contributed by atoms with Crippen LogP contribution in [0.25, 0.3) is 0 Å². The highest BCUT2D eigenvalue weighted by atomic mass is 127. The number of methoxy groups -OCH3 is 1. The molecule has 0 atom stereocenters. The van der Waals surface area contributed by atoms with Crippen LogP contribution < -0.4 is 19.6 Å². The molecule has 0 fully saturated rings. The molecule has 3 rings (SSSR count). The average molecular weight is 623 g/mol. The molecule has 0 radical (unpaired) electrons. The Hall–Kier alpha value is -2.59. The zero-order valence-electron chi connectivity index (χ0n) is 18.5. The SMILES string of the molecule is COc1cc(/C=N\NC(=O)COc2c(C)cccc2C)cc(I)c1OCc1ccc(Br)cc1. The van der Waals surface area contributed by atoms with Crippen molar-refractivity contribution in [3.8, 4) is 17.2 Å². The Bertz CT molecular complexity index is 1130. The van der Waals surface area contributed by atoms with Gasteiger partial charge in [-0.1, -0.05) is 46.3 Å². The number of nitrogens with one attached hydrogen (secondary N) is 1. The van der Waals surface area contributed by atoms with E-state index in [0.717, 1.165) is 36.0 Å². The topological polar surface area (TPSA) is 69.2 Å². The summed E-state index contributed by atoms with van der Waals surface area (Å²) in [6.07, 6.45) is 1.56. The molecule has 0 saturated heterocycles. The molecule has 0 aliphatic heterocycles. The van der Waals surface area contributed by atoms with Crippen molar-refractivity contribution >= 4 is 50.6 Å². The van der Waals surface area contributed by atoms with Crippen molar-refractivity contribution in [2.45, 2.75) is 20.5 Å². The number of nitrogens with zero attached hydrogens (tertiary/aromatic N) is 1. The van der Waals surface area contributed by atoms with Crippen LogP contribution in [0.3, 0.4) is 0 Å². The van der Waals surface area contributed by atoms with Gasteiger partial charge in [0.05, 0.1) is 16.9 Å². The van der Waals surface area contributed by atoms with Crippen LogP contribution in [-0.4, -0.2) is 25.8 Å². The van der Waals surface area contributed by atoms with E-state index in [2.05, 4.69) is 49.0 Å². The first-order valence-corrected chi connectivity index (χ1v) is 12.0. The maximum Gasteiger partial charge on any atom is 0.277 e. The van der Waals surface area contributed by atoms with Gasteiger partial charge in [0.25, 0.3) is 5.91 Å². The van der Waals surface area contributed by atoms with Gasteiger partial charge in [0.15, 0.2) is 18.1 Å². The number of carbonyl (C=O) groups is 1. The fraction of sp³-hybridized carbons (Fsp3) is 0.200. The van der Waals surface area contributed by atoms with E-state index in [1.54, 1.807) is 13.3 Å². The predicted molar refractivity (Wildman–Crippen MR) is 141 cm³/mol. The lowest BCUT2D eigenvalue weighted by Crippen LogP contribution is -2.25. The van der Waals surface area contributed by atoms with Crippen LogP contribution in [0, 0.1) is 17.4 Å². The highest BCUT2D eigenvalue weighted by Crippen LogP contribution is 2.34. The smallest absolute Gasteiger partial charge is 0.277 e. The number of halogens is 2. The minimum absolute atomic E-state index is 0.118. The minimum Gasteiger partial charge on any atom is -0.493 e. The Labute approximate surface area is 215 Å². The summed E-state index contributed by atoms with van der Waals surface area (Å²) in [5, 5.41) is 4.04. The number of aryl methyl sites for hydroxylation is 2. The molecule has 0 unspecified atom stereocenters. The highest BCUT2D eigenvalue weighted by molar-refractivity contribution is 14.1. The Morgan fingerprint density at radius 3 is 2.42 bits per heavy atom. The summed E-state index contributed by atoms with van der Waals surface area (Å²) in [7, 11) is 1.59. The molecule has 172 valence electrons. The van der Waals surface area contributed by atoms with Crippen LogP contribution in [0.2, 0.25) is 0 Å². The van der Waals surface area contributed by atoms with E-state index in [1.165, 1.54) is 0 Å². The van der Waals surface area contributed by atoms with E-state index in [9.17, 15) is 4.79 Å². The Morgan fingerprint density at radius 1 is 1.06 bits per heavy atom. The standard InChI is InChI=1S/C25H24BrIN2O4/c1-16-5-4-6-17(2)24(16)33-15-23(30)29-28-13-19-11-21(27)25(22(12-19)31-3)32-14-18-7-9-20(26)10-8-18/h4-13H,14-15H2,1-3H3,(H,29,30)/b28-13-. The van der Waals surface area contributed by atoms with Crippen LogP contribution in [0.1, 0.15) is 22.3 Å². The first kappa shape index (κ1) is 25.0. The van der Waals surface area contributed by atoms with Crippen molar-refractivity contribution in [3.63, 3.8) is 0 Å². The largest absolute Gasteiger partial charge is 0.493 e. The molecule has 3 aromatic carbocycles. The van der Waals surface area contributed by atoms with Gasteiger partial charge in [0, 0.05) is 4.47 Å². The van der Waals surface area contributed by atoms with Crippen molar-refractivity contribution in [3.05, 3.63) is 84.9 Å². The highest BCUT2D eigenvalue weighted by Gasteiger charge is 2.12. The third kappa shape index (κ3) is 7.20. The van der Waals surface area contributed by atoms with Crippen molar-refractivity contribution in [1.82, 2.24) is 5.43 Å². The Balaban J connectivity index is 1.59. The molecule has 0 aromatic heterocycles. The van der Waals surface area contributed by atoms with Gasteiger partial charge < -0.3 is 14.2 Å². The normalized spacial score (nSPS) is 10.8. The van der Waals surface area contributed by atoms with Gasteiger partial charge in [-0.05, 0) is 83.0 Å². The van der Waals surface area contributed by atoms with Gasteiger partial charge >= 0.3 is 0 Å². The van der Waals surface area contributed by atoms with E-state index in [4.69, 9.17) is 14.2 Å². The third-order valence-electron chi connectivity index (χ3n) is 4.71. The van der Waals surface area contributed by atoms with Crippen molar-refractivity contribution in [2.75, 3.05) is 13.7 Å². The number of benzene rings is 3. The van der Waals surface area contributed by atoms with Crippen LogP contribution in [0.15, 0.2) is 64.2 Å². The summed E-state index contributed by atoms with van der Waals surface area (Å²) < 4.78 is 19.0. The fourth-order valence-corrected chi connectivity index (χ4v) is 4.11. The number of para-hydroxylation sites is 1. The molecule has 1 amide bonds. The first-order valence-electron chi connectivity index (χ1n) is 10.1. The maximum absolute atomic E-state index is 12.1. The van der Waals surface area contributed by atoms with Gasteiger partial charge in [0.2, 0.25) is 0 Å². The molecule has 0 saturated carbocycles. The van der Waals surface area contributed by atoms with Crippen LogP contribution in [0.5, 0.6) is 17.2 Å². The number of hydrazone groups is 1. The molecule has 0 spiro atoms. The quantitative estimate of drug-likeness (QED) is 0.186. The molecule has 8 heteroatoms. The summed E-state index contributed by atoms with van der Waals surface area (Å²) in [5.41, 5.74) is 6.27. The monoisotopic (exact) mass is 622 g/mol. The lowest BCUT2D eigenvalue weighted by atomic mass is 10.1. The zero-order chi connectivity index (χ0) is 23.8. The predicted octanol–water partition coefficient (Wildman–Crippen LogP) is 5.79. The second-order valence-electron chi connectivity index (χ2n) is 7.25. The molecule has 3 aromatic rings. The first-order chi connectivity index (χ1) is 15.9. The number of ether oxygens (including phenoxy) is 3. The van der Waals surface area contributed by atoms with Crippen molar-refractivity contribution < 1.29 is 19.0 Å². The van der Waals surface area contributed by atoms with Gasteiger partial charge in [0.1, 0.15) is 12.4 Å². The van der Waals surface area contributed by atoms with Gasteiger partial charge in [-0.3, -0.25) is 4.79 Å².